The van der Waals surface area contributed by atoms with Gasteiger partial charge in [0.25, 0.3) is 5.91 Å². The normalized spacial score (nSPS) is 13.7. The lowest BCUT2D eigenvalue weighted by molar-refractivity contribution is 0.0384. The first kappa shape index (κ1) is 29.9. The SMILES string of the molecule is COc1cc2c(N(C)C(=O)c3c(Br)ccc(C)c3OC)cccc2c(-c2ccc(CCN3CCOCC3)cc2)c1OC. The van der Waals surface area contributed by atoms with Crippen LogP contribution < -0.4 is 19.1 Å². The van der Waals surface area contributed by atoms with Gasteiger partial charge < -0.3 is 23.8 Å². The van der Waals surface area contributed by atoms with E-state index in [1.165, 1.54) is 5.56 Å². The lowest BCUT2D eigenvalue weighted by Gasteiger charge is -2.26. The lowest BCUT2D eigenvalue weighted by Crippen LogP contribution is -2.37. The van der Waals surface area contributed by atoms with Gasteiger partial charge in [0.05, 0.1) is 45.8 Å². The molecule has 1 aliphatic heterocycles. The Bertz CT molecular complexity index is 1580. The van der Waals surface area contributed by atoms with Gasteiger partial charge in [-0.3, -0.25) is 9.69 Å². The van der Waals surface area contributed by atoms with E-state index < -0.39 is 0 Å². The second kappa shape index (κ2) is 13.2. The number of nitrogens with zero attached hydrogens (tertiary/aromatic N) is 2. The molecule has 1 heterocycles. The van der Waals surface area contributed by atoms with Crippen molar-refractivity contribution in [3.8, 4) is 28.4 Å². The molecule has 0 spiro atoms. The summed E-state index contributed by atoms with van der Waals surface area (Å²) in [4.78, 5) is 18.0. The zero-order chi connectivity index (χ0) is 29.8. The van der Waals surface area contributed by atoms with Crippen LogP contribution in [0, 0.1) is 6.92 Å². The monoisotopic (exact) mass is 632 g/mol. The summed E-state index contributed by atoms with van der Waals surface area (Å²) in [6.07, 6.45) is 0.977. The zero-order valence-electron chi connectivity index (χ0n) is 24.8. The van der Waals surface area contributed by atoms with Crippen LogP contribution in [0.2, 0.25) is 0 Å². The zero-order valence-corrected chi connectivity index (χ0v) is 26.4. The highest BCUT2D eigenvalue weighted by atomic mass is 79.9. The Morgan fingerprint density at radius 1 is 0.929 bits per heavy atom. The molecule has 0 bridgehead atoms. The second-order valence-corrected chi connectivity index (χ2v) is 11.3. The minimum absolute atomic E-state index is 0.184. The average molecular weight is 634 g/mol. The van der Waals surface area contributed by atoms with Crippen LogP contribution in [0.3, 0.4) is 0 Å². The molecule has 220 valence electrons. The molecular formula is C34H37BrN2O5. The van der Waals surface area contributed by atoms with E-state index in [1.54, 1.807) is 33.3 Å². The van der Waals surface area contributed by atoms with Crippen LogP contribution in [0.15, 0.2) is 65.1 Å². The molecule has 7 nitrogen and oxygen atoms in total. The van der Waals surface area contributed by atoms with Crippen molar-refractivity contribution >= 4 is 38.3 Å². The molecule has 0 aliphatic carbocycles. The van der Waals surface area contributed by atoms with Crippen molar-refractivity contribution in [1.29, 1.82) is 0 Å². The Morgan fingerprint density at radius 3 is 2.31 bits per heavy atom. The quantitative estimate of drug-likeness (QED) is 0.203. The number of benzene rings is 4. The van der Waals surface area contributed by atoms with Crippen LogP contribution in [0.25, 0.3) is 21.9 Å². The molecule has 0 unspecified atom stereocenters. The summed E-state index contributed by atoms with van der Waals surface area (Å²) in [5.41, 5.74) is 5.32. The number of hydrogen-bond donors (Lipinski definition) is 0. The molecule has 4 aromatic rings. The fourth-order valence-electron chi connectivity index (χ4n) is 5.65. The summed E-state index contributed by atoms with van der Waals surface area (Å²) in [5.74, 6) is 1.62. The molecule has 1 fully saturated rings. The molecule has 4 aromatic carbocycles. The number of carbonyl (C=O) groups is 1. The number of amides is 1. The number of fused-ring (bicyclic) bond motifs is 1. The van der Waals surface area contributed by atoms with E-state index in [9.17, 15) is 4.79 Å². The molecule has 0 saturated carbocycles. The first-order valence-corrected chi connectivity index (χ1v) is 14.9. The maximum atomic E-state index is 13.9. The number of anilines is 1. The van der Waals surface area contributed by atoms with Gasteiger partial charge in [0, 0.05) is 42.1 Å². The predicted octanol–water partition coefficient (Wildman–Crippen LogP) is 6.75. The van der Waals surface area contributed by atoms with Gasteiger partial charge in [-0.2, -0.15) is 0 Å². The minimum Gasteiger partial charge on any atom is -0.496 e. The smallest absolute Gasteiger partial charge is 0.262 e. The molecule has 1 amide bonds. The molecule has 0 N–H and O–H groups in total. The van der Waals surface area contributed by atoms with Crippen LogP contribution in [0.4, 0.5) is 5.69 Å². The van der Waals surface area contributed by atoms with Gasteiger partial charge in [-0.1, -0.05) is 42.5 Å². The van der Waals surface area contributed by atoms with E-state index in [0.717, 1.165) is 72.4 Å². The Hall–Kier alpha value is -3.59. The van der Waals surface area contributed by atoms with E-state index in [4.69, 9.17) is 18.9 Å². The number of rotatable bonds is 9. The molecule has 1 saturated heterocycles. The van der Waals surface area contributed by atoms with E-state index >= 15 is 0 Å². The van der Waals surface area contributed by atoms with E-state index in [2.05, 4.69) is 51.2 Å². The first-order valence-electron chi connectivity index (χ1n) is 14.1. The summed E-state index contributed by atoms with van der Waals surface area (Å²) in [6, 6.07) is 20.4. The maximum absolute atomic E-state index is 13.9. The Balaban J connectivity index is 1.56. The van der Waals surface area contributed by atoms with E-state index in [-0.39, 0.29) is 5.91 Å². The van der Waals surface area contributed by atoms with Crippen LogP contribution in [0.1, 0.15) is 21.5 Å². The number of aryl methyl sites for hydroxylation is 1. The molecular weight excluding hydrogens is 596 g/mol. The third-order valence-corrected chi connectivity index (χ3v) is 8.61. The topological polar surface area (TPSA) is 60.5 Å². The van der Waals surface area contributed by atoms with Crippen LogP contribution >= 0.6 is 15.9 Å². The number of methoxy groups -OCH3 is 3. The highest BCUT2D eigenvalue weighted by molar-refractivity contribution is 9.10. The summed E-state index contributed by atoms with van der Waals surface area (Å²) in [7, 11) is 6.66. The van der Waals surface area contributed by atoms with Crippen molar-refractivity contribution in [1.82, 2.24) is 4.90 Å². The number of halogens is 1. The molecule has 0 aromatic heterocycles. The fraction of sp³-hybridized carbons (Fsp3) is 0.324. The average Bonchev–Trinajstić information content (AvgIpc) is 3.03. The fourth-order valence-corrected chi connectivity index (χ4v) is 6.13. The lowest BCUT2D eigenvalue weighted by atomic mass is 9.94. The third kappa shape index (κ3) is 5.84. The molecule has 8 heteroatoms. The Labute approximate surface area is 256 Å². The first-order chi connectivity index (χ1) is 20.4. The van der Waals surface area contributed by atoms with Crippen molar-refractivity contribution in [2.75, 3.05) is 66.1 Å². The largest absolute Gasteiger partial charge is 0.496 e. The molecule has 1 aliphatic rings. The van der Waals surface area contributed by atoms with Crippen LogP contribution in [-0.2, 0) is 11.2 Å². The van der Waals surface area contributed by atoms with Crippen molar-refractivity contribution in [2.45, 2.75) is 13.3 Å². The Kier molecular flexibility index (Phi) is 9.36. The Morgan fingerprint density at radius 2 is 1.64 bits per heavy atom. The van der Waals surface area contributed by atoms with Gasteiger partial charge in [-0.15, -0.1) is 0 Å². The molecule has 0 radical (unpaired) electrons. The number of ether oxygens (including phenoxy) is 4. The number of hydrogen-bond acceptors (Lipinski definition) is 6. The molecule has 42 heavy (non-hydrogen) atoms. The standard InChI is InChI=1S/C34H37BrN2O5/c1-22-9-14-27(35)31(32(22)40-4)34(38)36(2)28-8-6-7-25-26(28)21-29(39-3)33(41-5)30(25)24-12-10-23(11-13-24)15-16-37-17-19-42-20-18-37/h6-14,21H,15-20H2,1-5H3. The second-order valence-electron chi connectivity index (χ2n) is 10.4. The third-order valence-electron chi connectivity index (χ3n) is 7.95. The predicted molar refractivity (Wildman–Crippen MR) is 172 cm³/mol. The highest BCUT2D eigenvalue weighted by Gasteiger charge is 2.25. The van der Waals surface area contributed by atoms with Gasteiger partial charge in [-0.25, -0.2) is 0 Å². The minimum atomic E-state index is -0.184. The summed E-state index contributed by atoms with van der Waals surface area (Å²) >= 11 is 3.56. The number of carbonyl (C=O) groups excluding carboxylic acids is 1. The highest BCUT2D eigenvalue weighted by Crippen LogP contribution is 2.46. The van der Waals surface area contributed by atoms with Gasteiger partial charge >= 0.3 is 0 Å². The van der Waals surface area contributed by atoms with Crippen molar-refractivity contribution < 1.29 is 23.7 Å². The van der Waals surface area contributed by atoms with Crippen LogP contribution in [-0.4, -0.2) is 72.0 Å². The van der Waals surface area contributed by atoms with E-state index in [0.29, 0.717) is 27.3 Å². The van der Waals surface area contributed by atoms with Gasteiger partial charge in [0.1, 0.15) is 5.75 Å². The summed E-state index contributed by atoms with van der Waals surface area (Å²) in [6.45, 7) is 6.52. The van der Waals surface area contributed by atoms with Gasteiger partial charge in [-0.05, 0) is 69.6 Å². The van der Waals surface area contributed by atoms with Gasteiger partial charge in [0.15, 0.2) is 11.5 Å². The van der Waals surface area contributed by atoms with Crippen LogP contribution in [0.5, 0.6) is 17.2 Å². The summed E-state index contributed by atoms with van der Waals surface area (Å²) < 4.78 is 23.5. The number of morpholine rings is 1. The van der Waals surface area contributed by atoms with Crippen molar-refractivity contribution in [2.24, 2.45) is 0 Å². The van der Waals surface area contributed by atoms with Gasteiger partial charge in [0.2, 0.25) is 0 Å². The molecule has 5 rings (SSSR count). The summed E-state index contributed by atoms with van der Waals surface area (Å²) in [5, 5.41) is 1.83. The van der Waals surface area contributed by atoms with Crippen molar-refractivity contribution in [3.63, 3.8) is 0 Å². The molecule has 0 atom stereocenters. The maximum Gasteiger partial charge on any atom is 0.262 e. The van der Waals surface area contributed by atoms with E-state index in [1.807, 2.05) is 37.3 Å². The van der Waals surface area contributed by atoms with Crippen molar-refractivity contribution in [3.05, 3.63) is 81.8 Å².